The van der Waals surface area contributed by atoms with Gasteiger partial charge in [-0.3, -0.25) is 24.7 Å². The molecule has 1 N–H and O–H groups in total. The number of piperazine rings is 1. The Kier molecular flexibility index (Phi) is 8.01. The van der Waals surface area contributed by atoms with Crippen LogP contribution in [0.25, 0.3) is 0 Å². The molecule has 1 saturated heterocycles. The third-order valence-electron chi connectivity index (χ3n) is 5.59. The average Bonchev–Trinajstić information content (AvgIpc) is 3.35. The largest absolute Gasteiger partial charge is 0.496 e. The normalized spacial score (nSPS) is 13.3. The summed E-state index contributed by atoms with van der Waals surface area (Å²) in [6.45, 7) is 7.26. The Hall–Kier alpha value is -3.70. The average molecular weight is 524 g/mol. The van der Waals surface area contributed by atoms with E-state index in [-0.39, 0.29) is 17.7 Å². The highest BCUT2D eigenvalue weighted by Crippen LogP contribution is 2.38. The maximum Gasteiger partial charge on any atom is 0.276 e. The van der Waals surface area contributed by atoms with Gasteiger partial charge >= 0.3 is 0 Å². The summed E-state index contributed by atoms with van der Waals surface area (Å²) in [5.41, 5.74) is 1.72. The van der Waals surface area contributed by atoms with Gasteiger partial charge in [0.2, 0.25) is 5.91 Å². The third kappa shape index (κ3) is 5.74. The predicted octanol–water partition coefficient (Wildman–Crippen LogP) is 3.73. The molecule has 0 radical (unpaired) electrons. The molecule has 4 rings (SSSR count). The molecule has 3 heterocycles. The van der Waals surface area contributed by atoms with Crippen molar-refractivity contribution >= 4 is 46.0 Å². The molecule has 1 aliphatic heterocycles. The molecule has 0 saturated carbocycles. The summed E-state index contributed by atoms with van der Waals surface area (Å²) in [5.74, 6) is -0.107. The van der Waals surface area contributed by atoms with Crippen LogP contribution >= 0.6 is 23.1 Å². The summed E-state index contributed by atoms with van der Waals surface area (Å²) < 4.78 is 6.37. The summed E-state index contributed by atoms with van der Waals surface area (Å²) in [4.78, 5) is 50.2. The van der Waals surface area contributed by atoms with Crippen LogP contribution in [0.5, 0.6) is 5.75 Å². The smallest absolute Gasteiger partial charge is 0.276 e. The van der Waals surface area contributed by atoms with Gasteiger partial charge in [0.25, 0.3) is 11.8 Å². The molecule has 0 unspecified atom stereocenters. The Labute approximate surface area is 217 Å². The molecule has 3 amide bonds. The van der Waals surface area contributed by atoms with Crippen LogP contribution in [-0.4, -0.2) is 70.8 Å². The van der Waals surface area contributed by atoms with Gasteiger partial charge < -0.3 is 14.5 Å². The molecule has 0 atom stereocenters. The number of aryl methyl sites for hydroxylation is 1. The monoisotopic (exact) mass is 523 g/mol. The van der Waals surface area contributed by atoms with Gasteiger partial charge in [0.1, 0.15) is 11.4 Å². The number of benzene rings is 1. The molecule has 1 aliphatic rings. The quantitative estimate of drug-likeness (QED) is 0.471. The number of methoxy groups -OCH3 is 1. The summed E-state index contributed by atoms with van der Waals surface area (Å²) in [6, 6.07) is 8.80. The fourth-order valence-electron chi connectivity index (χ4n) is 3.67. The van der Waals surface area contributed by atoms with Crippen LogP contribution in [-0.2, 0) is 4.79 Å². The van der Waals surface area contributed by atoms with Crippen LogP contribution < -0.4 is 10.1 Å². The van der Waals surface area contributed by atoms with Crippen molar-refractivity contribution < 1.29 is 19.1 Å². The Bertz CT molecular complexity index is 1290. The van der Waals surface area contributed by atoms with Crippen molar-refractivity contribution in [3.8, 4) is 5.75 Å². The van der Waals surface area contributed by atoms with E-state index >= 15 is 0 Å². The second kappa shape index (κ2) is 11.4. The van der Waals surface area contributed by atoms with E-state index in [0.717, 1.165) is 14.7 Å². The molecule has 186 valence electrons. The lowest BCUT2D eigenvalue weighted by Crippen LogP contribution is -2.50. The predicted molar refractivity (Wildman–Crippen MR) is 139 cm³/mol. The molecule has 0 spiro atoms. The zero-order valence-corrected chi connectivity index (χ0v) is 21.5. The summed E-state index contributed by atoms with van der Waals surface area (Å²) in [6.07, 6.45) is 4.53. The fourth-order valence-corrected chi connectivity index (χ4v) is 5.60. The fraction of sp³-hybridized carbons (Fsp3) is 0.240. The summed E-state index contributed by atoms with van der Waals surface area (Å²) in [5, 5.41) is 3.22. The maximum atomic E-state index is 13.4. The van der Waals surface area contributed by atoms with E-state index in [2.05, 4.69) is 21.9 Å². The van der Waals surface area contributed by atoms with Crippen LogP contribution in [0.15, 0.2) is 64.5 Å². The van der Waals surface area contributed by atoms with Gasteiger partial charge in [-0.25, -0.2) is 4.98 Å². The lowest BCUT2D eigenvalue weighted by atomic mass is 10.1. The second-order valence-electron chi connectivity index (χ2n) is 7.90. The first-order valence-electron chi connectivity index (χ1n) is 11.1. The number of amides is 3. The SMILES string of the molecule is C=CC(=O)N1CCN(C(=O)c2cc(Sc3cnc(NC(=O)c4ccccn4)s3)c(C)cc2OC)CC1. The molecule has 0 bridgehead atoms. The van der Waals surface area contributed by atoms with E-state index < -0.39 is 0 Å². The van der Waals surface area contributed by atoms with Gasteiger partial charge in [0.15, 0.2) is 5.13 Å². The molecule has 1 fully saturated rings. The number of anilines is 1. The Morgan fingerprint density at radius 1 is 1.14 bits per heavy atom. The topological polar surface area (TPSA) is 105 Å². The minimum absolute atomic E-state index is 0.131. The van der Waals surface area contributed by atoms with Crippen molar-refractivity contribution in [3.05, 3.63) is 72.2 Å². The van der Waals surface area contributed by atoms with E-state index in [4.69, 9.17) is 4.74 Å². The van der Waals surface area contributed by atoms with E-state index in [1.54, 1.807) is 47.5 Å². The molecule has 9 nitrogen and oxygen atoms in total. The number of pyridine rings is 1. The van der Waals surface area contributed by atoms with Gasteiger partial charge in [0, 0.05) is 37.3 Å². The van der Waals surface area contributed by atoms with Crippen molar-refractivity contribution in [2.45, 2.75) is 16.0 Å². The molecular formula is C25H25N5O4S2. The number of carbonyl (C=O) groups excluding carboxylic acids is 3. The Morgan fingerprint density at radius 3 is 2.56 bits per heavy atom. The first kappa shape index (κ1) is 25.4. The minimum Gasteiger partial charge on any atom is -0.496 e. The van der Waals surface area contributed by atoms with Crippen molar-refractivity contribution in [1.29, 1.82) is 0 Å². The van der Waals surface area contributed by atoms with Crippen LogP contribution in [0.1, 0.15) is 26.4 Å². The van der Waals surface area contributed by atoms with Crippen LogP contribution in [0, 0.1) is 6.92 Å². The number of nitrogens with zero attached hydrogens (tertiary/aromatic N) is 4. The molecule has 1 aromatic carbocycles. The van der Waals surface area contributed by atoms with E-state index in [1.165, 1.54) is 29.2 Å². The molecule has 0 aliphatic carbocycles. The number of rotatable bonds is 7. The molecular weight excluding hydrogens is 498 g/mol. The van der Waals surface area contributed by atoms with E-state index in [1.807, 2.05) is 19.1 Å². The summed E-state index contributed by atoms with van der Waals surface area (Å²) in [7, 11) is 1.54. The zero-order valence-electron chi connectivity index (χ0n) is 19.9. The minimum atomic E-state index is -0.329. The molecule has 36 heavy (non-hydrogen) atoms. The standard InChI is InChI=1S/C25H25N5O4S2/c1-4-21(31)29-9-11-30(12-10-29)24(33)17-14-20(16(2)13-19(17)34-3)35-22-15-27-25(36-22)28-23(32)18-7-5-6-8-26-18/h4-8,13-15H,1,9-12H2,2-3H3,(H,27,28,32). The van der Waals surface area contributed by atoms with Crippen LogP contribution in [0.3, 0.4) is 0 Å². The maximum absolute atomic E-state index is 13.4. The number of nitrogens with one attached hydrogen (secondary N) is 1. The van der Waals surface area contributed by atoms with Crippen LogP contribution in [0.2, 0.25) is 0 Å². The second-order valence-corrected chi connectivity index (χ2v) is 10.3. The van der Waals surface area contributed by atoms with Crippen LogP contribution in [0.4, 0.5) is 5.13 Å². The summed E-state index contributed by atoms with van der Waals surface area (Å²) >= 11 is 2.80. The first-order valence-corrected chi connectivity index (χ1v) is 12.8. The highest BCUT2D eigenvalue weighted by molar-refractivity contribution is 8.01. The van der Waals surface area contributed by atoms with Gasteiger partial charge in [-0.05, 0) is 42.8 Å². The number of carbonyl (C=O) groups is 3. The highest BCUT2D eigenvalue weighted by Gasteiger charge is 2.26. The highest BCUT2D eigenvalue weighted by atomic mass is 32.2. The number of hydrogen-bond donors (Lipinski definition) is 1. The number of ether oxygens (including phenoxy) is 1. The molecule has 2 aromatic heterocycles. The van der Waals surface area contributed by atoms with Crippen molar-refractivity contribution in [3.63, 3.8) is 0 Å². The van der Waals surface area contributed by atoms with Crippen molar-refractivity contribution in [2.75, 3.05) is 38.6 Å². The number of thiazole rings is 1. The van der Waals surface area contributed by atoms with Gasteiger partial charge in [-0.1, -0.05) is 35.7 Å². The van der Waals surface area contributed by atoms with E-state index in [0.29, 0.717) is 48.3 Å². The Morgan fingerprint density at radius 2 is 1.89 bits per heavy atom. The molecule has 3 aromatic rings. The van der Waals surface area contributed by atoms with Crippen molar-refractivity contribution in [1.82, 2.24) is 19.8 Å². The van der Waals surface area contributed by atoms with Gasteiger partial charge in [-0.15, -0.1) is 0 Å². The third-order valence-corrected chi connectivity index (χ3v) is 7.77. The first-order chi connectivity index (χ1) is 17.4. The Balaban J connectivity index is 1.48. The lowest BCUT2D eigenvalue weighted by molar-refractivity contribution is -0.127. The number of hydrogen-bond acceptors (Lipinski definition) is 8. The number of aromatic nitrogens is 2. The van der Waals surface area contributed by atoms with Gasteiger partial charge in [0.05, 0.1) is 23.1 Å². The zero-order chi connectivity index (χ0) is 25.7. The van der Waals surface area contributed by atoms with Gasteiger partial charge in [-0.2, -0.15) is 0 Å². The molecule has 11 heteroatoms. The van der Waals surface area contributed by atoms with E-state index in [9.17, 15) is 14.4 Å². The lowest BCUT2D eigenvalue weighted by Gasteiger charge is -2.34. The van der Waals surface area contributed by atoms with Crippen molar-refractivity contribution in [2.24, 2.45) is 0 Å².